The van der Waals surface area contributed by atoms with E-state index in [4.69, 9.17) is 9.47 Å². The molecule has 3 N–H and O–H groups in total. The molecule has 2 aliphatic carbocycles. The van der Waals surface area contributed by atoms with Crippen LogP contribution in [0.2, 0.25) is 0 Å². The fourth-order valence-electron chi connectivity index (χ4n) is 6.98. The molecule has 3 fully saturated rings. The molecule has 5 atom stereocenters. The van der Waals surface area contributed by atoms with E-state index >= 15 is 0 Å². The summed E-state index contributed by atoms with van der Waals surface area (Å²) in [7, 11) is -3.89. The summed E-state index contributed by atoms with van der Waals surface area (Å²) in [5.74, 6) is -2.47. The maximum Gasteiger partial charge on any atom is 0.410 e. The fourth-order valence-corrected chi connectivity index (χ4v) is 8.34. The molecule has 0 radical (unpaired) electrons. The molecule has 3 aliphatic heterocycles. The SMILES string of the molecule is CC(C)(C)OC(=O)N[C@H]1CCCCC/C=C\C2CC2(C(=O)NS(=O)(=O)C2CC2)NC(=O)C2C[C@@H](OC(=O)N3Cc4ccccc4C3)CN2C1=O. The number of sulfonamides is 1. The van der Waals surface area contributed by atoms with Gasteiger partial charge in [-0.05, 0) is 70.4 Å². The van der Waals surface area contributed by atoms with Gasteiger partial charge in [0.2, 0.25) is 21.8 Å². The quantitative estimate of drug-likeness (QED) is 0.387. The number of amides is 5. The summed E-state index contributed by atoms with van der Waals surface area (Å²) < 4.78 is 39.0. The van der Waals surface area contributed by atoms with E-state index in [1.54, 1.807) is 25.7 Å². The molecular weight excluding hydrogens is 666 g/mol. The first-order valence-corrected chi connectivity index (χ1v) is 19.1. The van der Waals surface area contributed by atoms with Crippen LogP contribution in [-0.2, 0) is 47.0 Å². The van der Waals surface area contributed by atoms with Gasteiger partial charge in [-0.1, -0.05) is 49.3 Å². The Balaban J connectivity index is 1.25. The predicted octanol–water partition coefficient (Wildman–Crippen LogP) is 3.01. The van der Waals surface area contributed by atoms with Crippen LogP contribution in [-0.4, -0.2) is 89.2 Å². The fraction of sp³-hybridized carbons (Fsp3) is 0.629. The lowest BCUT2D eigenvalue weighted by atomic mass is 10.0. The Morgan fingerprint density at radius 3 is 2.36 bits per heavy atom. The predicted molar refractivity (Wildman–Crippen MR) is 181 cm³/mol. The van der Waals surface area contributed by atoms with Gasteiger partial charge in [-0.3, -0.25) is 24.0 Å². The molecule has 3 heterocycles. The lowest BCUT2D eigenvalue weighted by Crippen LogP contribution is -2.58. The molecule has 15 heteroatoms. The number of fused-ring (bicyclic) bond motifs is 3. The lowest BCUT2D eigenvalue weighted by molar-refractivity contribution is -0.141. The van der Waals surface area contributed by atoms with Gasteiger partial charge in [-0.2, -0.15) is 0 Å². The van der Waals surface area contributed by atoms with Crippen LogP contribution in [0.4, 0.5) is 9.59 Å². The maximum absolute atomic E-state index is 14.3. The summed E-state index contributed by atoms with van der Waals surface area (Å²) in [6.07, 6.45) is 5.72. The van der Waals surface area contributed by atoms with E-state index in [-0.39, 0.29) is 25.8 Å². The zero-order chi connectivity index (χ0) is 35.8. The summed E-state index contributed by atoms with van der Waals surface area (Å²) in [6, 6.07) is 5.49. The van der Waals surface area contributed by atoms with E-state index in [9.17, 15) is 32.4 Å². The summed E-state index contributed by atoms with van der Waals surface area (Å²) in [6.45, 7) is 5.76. The Morgan fingerprint density at radius 2 is 1.70 bits per heavy atom. The third-order valence-corrected chi connectivity index (χ3v) is 11.7. The second-order valence-corrected chi connectivity index (χ2v) is 17.0. The zero-order valence-corrected chi connectivity index (χ0v) is 29.6. The van der Waals surface area contributed by atoms with E-state index in [2.05, 4.69) is 15.4 Å². The van der Waals surface area contributed by atoms with Crippen LogP contribution in [0.5, 0.6) is 0 Å². The van der Waals surface area contributed by atoms with Crippen LogP contribution in [0.1, 0.15) is 89.7 Å². The smallest absolute Gasteiger partial charge is 0.410 e. The normalized spacial score (nSPS) is 29.3. The topological polar surface area (TPSA) is 181 Å². The van der Waals surface area contributed by atoms with Crippen LogP contribution >= 0.6 is 0 Å². The first-order valence-electron chi connectivity index (χ1n) is 17.5. The highest BCUT2D eigenvalue weighted by molar-refractivity contribution is 7.91. The van der Waals surface area contributed by atoms with Gasteiger partial charge in [0.05, 0.1) is 11.8 Å². The number of rotatable bonds is 5. The largest absolute Gasteiger partial charge is 0.444 e. The van der Waals surface area contributed by atoms with Crippen molar-refractivity contribution in [2.45, 2.75) is 126 Å². The number of benzene rings is 1. The Morgan fingerprint density at radius 1 is 1.00 bits per heavy atom. The Bertz CT molecular complexity index is 1640. The second-order valence-electron chi connectivity index (χ2n) is 15.1. The van der Waals surface area contributed by atoms with Gasteiger partial charge in [0, 0.05) is 25.4 Å². The minimum Gasteiger partial charge on any atom is -0.444 e. The van der Waals surface area contributed by atoms with Gasteiger partial charge < -0.3 is 25.0 Å². The molecule has 5 aliphatic rings. The Kier molecular flexibility index (Phi) is 9.90. The van der Waals surface area contributed by atoms with Crippen molar-refractivity contribution in [3.63, 3.8) is 0 Å². The van der Waals surface area contributed by atoms with Crippen molar-refractivity contribution in [2.75, 3.05) is 6.54 Å². The average molecular weight is 714 g/mol. The molecular formula is C35H47N5O9S. The molecule has 50 heavy (non-hydrogen) atoms. The van der Waals surface area contributed by atoms with Gasteiger partial charge in [0.15, 0.2) is 0 Å². The minimum atomic E-state index is -3.89. The first-order chi connectivity index (χ1) is 23.6. The minimum absolute atomic E-state index is 0.0537. The van der Waals surface area contributed by atoms with Gasteiger partial charge in [0.25, 0.3) is 5.91 Å². The molecule has 1 aromatic carbocycles. The first kappa shape index (κ1) is 35.7. The van der Waals surface area contributed by atoms with Crippen LogP contribution in [0.3, 0.4) is 0 Å². The molecule has 5 amide bonds. The Hall–Kier alpha value is -4.14. The average Bonchev–Trinajstić information content (AvgIpc) is 3.92. The van der Waals surface area contributed by atoms with Gasteiger partial charge >= 0.3 is 12.2 Å². The molecule has 0 spiro atoms. The third-order valence-electron chi connectivity index (χ3n) is 9.90. The number of ether oxygens (including phenoxy) is 2. The number of hydrogen-bond donors (Lipinski definition) is 3. The number of carbonyl (C=O) groups is 5. The number of carbonyl (C=O) groups excluding carboxylic acids is 5. The monoisotopic (exact) mass is 713 g/mol. The highest BCUT2D eigenvalue weighted by atomic mass is 32.2. The zero-order valence-electron chi connectivity index (χ0n) is 28.8. The van der Waals surface area contributed by atoms with Crippen LogP contribution < -0.4 is 15.4 Å². The highest BCUT2D eigenvalue weighted by Crippen LogP contribution is 2.46. The number of hydrogen-bond acceptors (Lipinski definition) is 9. The molecule has 0 bridgehead atoms. The number of allylic oxidation sites excluding steroid dienone is 1. The summed E-state index contributed by atoms with van der Waals surface area (Å²) in [5, 5.41) is 4.88. The highest BCUT2D eigenvalue weighted by Gasteiger charge is 2.62. The summed E-state index contributed by atoms with van der Waals surface area (Å²) >= 11 is 0. The molecule has 1 aromatic rings. The molecule has 14 nitrogen and oxygen atoms in total. The summed E-state index contributed by atoms with van der Waals surface area (Å²) in [5.41, 5.74) is -0.315. The molecule has 2 saturated carbocycles. The second kappa shape index (κ2) is 13.9. The Labute approximate surface area is 292 Å². The molecule has 0 aromatic heterocycles. The van der Waals surface area contributed by atoms with Gasteiger partial charge in [-0.25, -0.2) is 18.0 Å². The van der Waals surface area contributed by atoms with Crippen LogP contribution in [0.25, 0.3) is 0 Å². The van der Waals surface area contributed by atoms with Crippen molar-refractivity contribution in [3.8, 4) is 0 Å². The third kappa shape index (κ3) is 8.08. The van der Waals surface area contributed by atoms with Crippen molar-refractivity contribution in [1.82, 2.24) is 25.2 Å². The van der Waals surface area contributed by atoms with Gasteiger partial charge in [-0.15, -0.1) is 0 Å². The van der Waals surface area contributed by atoms with E-state index in [0.717, 1.165) is 24.0 Å². The lowest BCUT2D eigenvalue weighted by Gasteiger charge is -2.30. The van der Waals surface area contributed by atoms with Crippen molar-refractivity contribution in [3.05, 3.63) is 47.5 Å². The molecule has 272 valence electrons. The number of alkyl carbamates (subject to hydrolysis) is 1. The number of nitrogens with one attached hydrogen (secondary N) is 3. The standard InChI is InChI=1S/C35H47N5O9S/c1-34(2,3)49-32(44)36-27-14-8-6-4-5-7-13-24-18-35(24,31(43)38-50(46,47)26-15-16-26)37-29(41)28-17-25(21-40(28)30(27)42)48-33(45)39-19-22-11-9-10-12-23(22)20-39/h7,9-13,24-28H,4-6,8,14-21H2,1-3H3,(H,36,44)(H,37,41)(H,38,43)/b13-7-/t24?,25-,27+,28?,35?/m1/s1. The summed E-state index contributed by atoms with van der Waals surface area (Å²) in [4.78, 5) is 71.1. The van der Waals surface area contributed by atoms with Crippen molar-refractivity contribution >= 4 is 39.9 Å². The van der Waals surface area contributed by atoms with E-state index in [1.807, 2.05) is 36.4 Å². The van der Waals surface area contributed by atoms with E-state index < -0.39 is 80.4 Å². The van der Waals surface area contributed by atoms with Crippen molar-refractivity contribution in [2.24, 2.45) is 5.92 Å². The maximum atomic E-state index is 14.3. The van der Waals surface area contributed by atoms with Crippen LogP contribution in [0, 0.1) is 5.92 Å². The van der Waals surface area contributed by atoms with E-state index in [1.165, 1.54) is 4.90 Å². The van der Waals surface area contributed by atoms with Crippen LogP contribution in [0.15, 0.2) is 36.4 Å². The molecule has 1 saturated heterocycles. The number of nitrogens with zero attached hydrogens (tertiary/aromatic N) is 2. The van der Waals surface area contributed by atoms with Gasteiger partial charge in [0.1, 0.15) is 29.3 Å². The van der Waals surface area contributed by atoms with Crippen molar-refractivity contribution in [1.29, 1.82) is 0 Å². The molecule has 3 unspecified atom stereocenters. The van der Waals surface area contributed by atoms with Crippen molar-refractivity contribution < 1.29 is 41.9 Å². The van der Waals surface area contributed by atoms with E-state index in [0.29, 0.717) is 38.8 Å². The molecule has 6 rings (SSSR count).